The van der Waals surface area contributed by atoms with E-state index in [0.717, 1.165) is 28.0 Å². The number of hydrogen-bond acceptors (Lipinski definition) is 7. The Bertz CT molecular complexity index is 1440. The fourth-order valence-corrected chi connectivity index (χ4v) is 3.61. The average Bonchev–Trinajstić information content (AvgIpc) is 3.56. The van der Waals surface area contributed by atoms with Gasteiger partial charge in [0, 0.05) is 18.0 Å². The summed E-state index contributed by atoms with van der Waals surface area (Å²) < 4.78 is 3.95. The van der Waals surface area contributed by atoms with E-state index in [1.165, 1.54) is 5.56 Å². The number of rotatable bonds is 6. The number of hydrogen-bond donors (Lipinski definition) is 2. The molecule has 0 saturated heterocycles. The minimum absolute atomic E-state index is 0.162. The second kappa shape index (κ2) is 13.0. The van der Waals surface area contributed by atoms with Gasteiger partial charge in [-0.2, -0.15) is 4.73 Å². The fraction of sp³-hybridized carbons (Fsp3) is 0.120. The zero-order valence-corrected chi connectivity index (χ0v) is 20.1. The zero-order chi connectivity index (χ0) is 27.5. The first-order valence-corrected chi connectivity index (χ1v) is 11.1. The lowest BCUT2D eigenvalue weighted by Gasteiger charge is -2.15. The van der Waals surface area contributed by atoms with E-state index in [9.17, 15) is 0 Å². The van der Waals surface area contributed by atoms with E-state index in [4.69, 9.17) is 40.5 Å². The summed E-state index contributed by atoms with van der Waals surface area (Å²) in [7, 11) is 0. The Hall–Kier alpha value is -5.46. The standard InChI is InChI=1S/C25H22N4O.2HNO3/c1-19(28-15-14-26-18-28)22-12-13-23-24(16-22)29(30-17-20-8-4-2-5-9-20)25(27-23)21-10-6-3-7-11-21;2*2-1(3)4/h2-16,18-19H,17H2,1H3;2*(H,2,3,4). The Morgan fingerprint density at radius 2 is 1.55 bits per heavy atom. The summed E-state index contributed by atoms with van der Waals surface area (Å²) in [6.07, 6.45) is 5.62. The molecule has 0 radical (unpaired) electrons. The van der Waals surface area contributed by atoms with Gasteiger partial charge in [-0.15, -0.1) is 20.2 Å². The third-order valence-electron chi connectivity index (χ3n) is 5.33. The molecule has 2 N–H and O–H groups in total. The monoisotopic (exact) mass is 520 g/mol. The highest BCUT2D eigenvalue weighted by Crippen LogP contribution is 2.27. The van der Waals surface area contributed by atoms with E-state index in [2.05, 4.69) is 58.9 Å². The Kier molecular flexibility index (Phi) is 9.29. The molecule has 5 rings (SSSR count). The van der Waals surface area contributed by atoms with Crippen LogP contribution in [0.1, 0.15) is 24.1 Å². The Balaban J connectivity index is 0.000000443. The molecule has 38 heavy (non-hydrogen) atoms. The van der Waals surface area contributed by atoms with Crippen LogP contribution >= 0.6 is 0 Å². The molecule has 0 amide bonds. The van der Waals surface area contributed by atoms with Crippen LogP contribution in [0.3, 0.4) is 0 Å². The molecule has 1 unspecified atom stereocenters. The van der Waals surface area contributed by atoms with E-state index in [1.54, 1.807) is 6.20 Å². The van der Waals surface area contributed by atoms with Gasteiger partial charge in [0.05, 0.1) is 17.9 Å². The van der Waals surface area contributed by atoms with Gasteiger partial charge in [0.15, 0.2) is 5.82 Å². The first-order valence-electron chi connectivity index (χ1n) is 11.1. The van der Waals surface area contributed by atoms with Gasteiger partial charge < -0.3 is 19.8 Å². The average molecular weight is 521 g/mol. The SMILES string of the molecule is CC(c1ccc2nc(-c3ccccc3)n(OCc3ccccc3)c2c1)n1ccnc1.O=[N+]([O-])O.O=[N+]([O-])O. The van der Waals surface area contributed by atoms with E-state index in [-0.39, 0.29) is 6.04 Å². The maximum Gasteiger partial charge on any atom is 0.291 e. The normalized spacial score (nSPS) is 10.9. The maximum absolute atomic E-state index is 8.36. The van der Waals surface area contributed by atoms with E-state index in [1.807, 2.05) is 53.7 Å². The third-order valence-corrected chi connectivity index (χ3v) is 5.33. The summed E-state index contributed by atoms with van der Waals surface area (Å²) in [4.78, 5) is 32.1. The quantitative estimate of drug-likeness (QED) is 0.242. The lowest BCUT2D eigenvalue weighted by atomic mass is 10.1. The summed E-state index contributed by atoms with van der Waals surface area (Å²) in [6.45, 7) is 2.62. The molecule has 0 aliphatic carbocycles. The van der Waals surface area contributed by atoms with Gasteiger partial charge in [0.2, 0.25) is 0 Å². The molecule has 196 valence electrons. The molecule has 0 aliphatic heterocycles. The van der Waals surface area contributed by atoms with Crippen LogP contribution in [-0.2, 0) is 6.61 Å². The lowest BCUT2D eigenvalue weighted by molar-refractivity contribution is -0.742. The molecule has 13 nitrogen and oxygen atoms in total. The summed E-state index contributed by atoms with van der Waals surface area (Å²) >= 11 is 0. The molecule has 5 aromatic rings. The smallest absolute Gasteiger partial charge is 0.291 e. The van der Waals surface area contributed by atoms with Crippen LogP contribution in [-0.4, -0.2) is 39.9 Å². The first kappa shape index (κ1) is 27.1. The Labute approximate surface area is 216 Å². The molecule has 0 saturated carbocycles. The summed E-state index contributed by atoms with van der Waals surface area (Å²) in [5.74, 6) is 0.800. The van der Waals surface area contributed by atoms with Gasteiger partial charge in [-0.05, 0) is 30.2 Å². The molecule has 2 aromatic heterocycles. The fourth-order valence-electron chi connectivity index (χ4n) is 3.61. The molecule has 0 aliphatic rings. The van der Waals surface area contributed by atoms with E-state index >= 15 is 0 Å². The maximum atomic E-state index is 8.36. The molecule has 3 aromatic carbocycles. The molecule has 0 spiro atoms. The summed E-state index contributed by atoms with van der Waals surface area (Å²) in [5, 5.41) is 27.3. The van der Waals surface area contributed by atoms with Gasteiger partial charge >= 0.3 is 0 Å². The largest absolute Gasteiger partial charge is 0.407 e. The molecule has 1 atom stereocenters. The van der Waals surface area contributed by atoms with Crippen molar-refractivity contribution in [2.75, 3.05) is 0 Å². The van der Waals surface area contributed by atoms with Crippen molar-refractivity contribution in [3.05, 3.63) is 129 Å². The van der Waals surface area contributed by atoms with Crippen LogP contribution in [0.5, 0.6) is 0 Å². The zero-order valence-electron chi connectivity index (χ0n) is 20.1. The van der Waals surface area contributed by atoms with Crippen LogP contribution < -0.4 is 4.84 Å². The second-order valence-corrected chi connectivity index (χ2v) is 7.76. The number of fused-ring (bicyclic) bond motifs is 1. The minimum Gasteiger partial charge on any atom is -0.407 e. The van der Waals surface area contributed by atoms with Gasteiger partial charge in [-0.1, -0.05) is 66.7 Å². The van der Waals surface area contributed by atoms with Gasteiger partial charge in [-0.25, -0.2) is 9.97 Å². The molecule has 0 fully saturated rings. The van der Waals surface area contributed by atoms with Gasteiger partial charge in [-0.3, -0.25) is 0 Å². The van der Waals surface area contributed by atoms with E-state index < -0.39 is 10.2 Å². The van der Waals surface area contributed by atoms with Crippen LogP contribution in [0.4, 0.5) is 0 Å². The van der Waals surface area contributed by atoms with Crippen molar-refractivity contribution in [2.45, 2.75) is 19.6 Å². The van der Waals surface area contributed by atoms with Crippen molar-refractivity contribution in [1.82, 2.24) is 19.3 Å². The molecule has 2 heterocycles. The molecule has 0 bridgehead atoms. The van der Waals surface area contributed by atoms with Crippen molar-refractivity contribution in [2.24, 2.45) is 0 Å². The van der Waals surface area contributed by atoms with Crippen LogP contribution in [0.15, 0.2) is 97.6 Å². The highest BCUT2D eigenvalue weighted by Gasteiger charge is 2.16. The summed E-state index contributed by atoms with van der Waals surface area (Å²) in [5.41, 5.74) is 5.16. The molecule has 13 heteroatoms. The number of imidazole rings is 2. The van der Waals surface area contributed by atoms with Crippen LogP contribution in [0.25, 0.3) is 22.4 Å². The van der Waals surface area contributed by atoms with Gasteiger partial charge in [0.25, 0.3) is 10.2 Å². The van der Waals surface area contributed by atoms with Crippen LogP contribution in [0.2, 0.25) is 0 Å². The Morgan fingerprint density at radius 1 is 0.947 bits per heavy atom. The molecular formula is C25H24N6O7. The minimum atomic E-state index is -1.50. The van der Waals surface area contributed by atoms with Crippen molar-refractivity contribution < 1.29 is 25.4 Å². The van der Waals surface area contributed by atoms with E-state index in [0.29, 0.717) is 6.61 Å². The number of benzene rings is 3. The lowest BCUT2D eigenvalue weighted by Crippen LogP contribution is -2.13. The van der Waals surface area contributed by atoms with Gasteiger partial charge in [0.1, 0.15) is 12.1 Å². The van der Waals surface area contributed by atoms with Crippen molar-refractivity contribution in [3.8, 4) is 11.4 Å². The summed E-state index contributed by atoms with van der Waals surface area (Å²) in [6, 6.07) is 26.8. The third kappa shape index (κ3) is 7.52. The number of aromatic nitrogens is 4. The first-order chi connectivity index (χ1) is 18.3. The second-order valence-electron chi connectivity index (χ2n) is 7.76. The van der Waals surface area contributed by atoms with Crippen molar-refractivity contribution in [1.29, 1.82) is 0 Å². The topological polar surface area (TPSA) is 172 Å². The highest BCUT2D eigenvalue weighted by atomic mass is 16.9. The Morgan fingerprint density at radius 3 is 2.13 bits per heavy atom. The van der Waals surface area contributed by atoms with Crippen molar-refractivity contribution >= 4 is 11.0 Å². The van der Waals surface area contributed by atoms with Crippen molar-refractivity contribution in [3.63, 3.8) is 0 Å². The number of nitrogens with zero attached hydrogens (tertiary/aromatic N) is 6. The molecular weight excluding hydrogens is 496 g/mol. The van der Waals surface area contributed by atoms with Crippen LogP contribution in [0, 0.1) is 20.2 Å². The highest BCUT2D eigenvalue weighted by molar-refractivity contribution is 5.81. The predicted molar refractivity (Wildman–Crippen MR) is 135 cm³/mol. The predicted octanol–water partition coefficient (Wildman–Crippen LogP) is 4.44.